The second-order valence-electron chi connectivity index (χ2n) is 6.25. The number of rotatable bonds is 2. The van der Waals surface area contributed by atoms with Crippen molar-refractivity contribution in [3.05, 3.63) is 23.8 Å². The van der Waals surface area contributed by atoms with E-state index in [1.807, 2.05) is 0 Å². The van der Waals surface area contributed by atoms with E-state index in [0.717, 1.165) is 13.1 Å². The summed E-state index contributed by atoms with van der Waals surface area (Å²) >= 11 is 0. The molecule has 0 saturated carbocycles. The molecule has 1 aromatic carbocycles. The molecule has 0 amide bonds. The molecule has 0 fully saturated rings. The molecule has 1 aliphatic heterocycles. The highest BCUT2D eigenvalue weighted by Gasteiger charge is 2.18. The predicted octanol–water partition coefficient (Wildman–Crippen LogP) is 3.53. The topological polar surface area (TPSA) is 15.3 Å². The summed E-state index contributed by atoms with van der Waals surface area (Å²) in [4.78, 5) is 2.39. The number of hydrogen-bond donors (Lipinski definition) is 1. The van der Waals surface area contributed by atoms with Crippen molar-refractivity contribution in [2.24, 2.45) is 5.41 Å². The van der Waals surface area contributed by atoms with E-state index >= 15 is 0 Å². The van der Waals surface area contributed by atoms with Gasteiger partial charge in [-0.3, -0.25) is 0 Å². The van der Waals surface area contributed by atoms with Crippen LogP contribution in [0.25, 0.3) is 0 Å². The number of benzene rings is 1. The van der Waals surface area contributed by atoms with Gasteiger partial charge in [-0.2, -0.15) is 0 Å². The van der Waals surface area contributed by atoms with Crippen molar-refractivity contribution in [3.8, 4) is 0 Å². The Morgan fingerprint density at radius 1 is 1.29 bits per heavy atom. The molecule has 1 N–H and O–H groups in total. The van der Waals surface area contributed by atoms with E-state index in [1.54, 1.807) is 0 Å². The second-order valence-corrected chi connectivity index (χ2v) is 6.25. The third kappa shape index (κ3) is 2.93. The zero-order valence-corrected chi connectivity index (χ0v) is 11.5. The van der Waals surface area contributed by atoms with E-state index in [0.29, 0.717) is 5.41 Å². The van der Waals surface area contributed by atoms with Crippen LogP contribution in [0.3, 0.4) is 0 Å². The molecule has 0 aromatic heterocycles. The Hall–Kier alpha value is -1.18. The van der Waals surface area contributed by atoms with E-state index < -0.39 is 0 Å². The van der Waals surface area contributed by atoms with Crippen LogP contribution >= 0.6 is 0 Å². The Kier molecular flexibility index (Phi) is 3.32. The molecule has 2 nitrogen and oxygen atoms in total. The molecule has 0 atom stereocenters. The van der Waals surface area contributed by atoms with Crippen LogP contribution in [0.1, 0.15) is 32.8 Å². The lowest BCUT2D eigenvalue weighted by Crippen LogP contribution is -2.30. The first kappa shape index (κ1) is 12.3. The number of hydrogen-bond acceptors (Lipinski definition) is 2. The summed E-state index contributed by atoms with van der Waals surface area (Å²) in [7, 11) is 2.20. The summed E-state index contributed by atoms with van der Waals surface area (Å²) in [5.41, 5.74) is 4.55. The molecule has 17 heavy (non-hydrogen) atoms. The number of anilines is 2. The van der Waals surface area contributed by atoms with E-state index in [-0.39, 0.29) is 0 Å². The van der Waals surface area contributed by atoms with Crippen molar-refractivity contribution in [3.63, 3.8) is 0 Å². The van der Waals surface area contributed by atoms with Crippen molar-refractivity contribution in [1.29, 1.82) is 0 Å². The van der Waals surface area contributed by atoms with Crippen LogP contribution in [0.15, 0.2) is 18.2 Å². The molecule has 2 heteroatoms. The zero-order chi connectivity index (χ0) is 12.5. The van der Waals surface area contributed by atoms with Crippen LogP contribution in [0.5, 0.6) is 0 Å². The van der Waals surface area contributed by atoms with Gasteiger partial charge < -0.3 is 10.2 Å². The maximum absolute atomic E-state index is 3.49. The smallest absolute Gasteiger partial charge is 0.0417 e. The molecular formula is C15H24N2. The molecule has 0 radical (unpaired) electrons. The normalized spacial score (nSPS) is 15.1. The number of nitrogens with zero attached hydrogens (tertiary/aromatic N) is 1. The lowest BCUT2D eigenvalue weighted by molar-refractivity contribution is 0.418. The van der Waals surface area contributed by atoms with Crippen LogP contribution in [-0.2, 0) is 6.42 Å². The van der Waals surface area contributed by atoms with Gasteiger partial charge in [-0.25, -0.2) is 0 Å². The summed E-state index contributed by atoms with van der Waals surface area (Å²) in [6, 6.07) is 6.60. The summed E-state index contributed by atoms with van der Waals surface area (Å²) in [6.07, 6.45) is 2.44. The third-order valence-electron chi connectivity index (χ3n) is 3.19. The van der Waals surface area contributed by atoms with Crippen LogP contribution in [-0.4, -0.2) is 20.1 Å². The minimum absolute atomic E-state index is 0.333. The average Bonchev–Trinajstić information content (AvgIpc) is 2.26. The molecule has 2 rings (SSSR count). The van der Waals surface area contributed by atoms with Gasteiger partial charge in [0.15, 0.2) is 0 Å². The predicted molar refractivity (Wildman–Crippen MR) is 76.0 cm³/mol. The van der Waals surface area contributed by atoms with E-state index in [9.17, 15) is 0 Å². The van der Waals surface area contributed by atoms with Gasteiger partial charge in [0.1, 0.15) is 0 Å². The van der Waals surface area contributed by atoms with Gasteiger partial charge in [0.2, 0.25) is 0 Å². The summed E-state index contributed by atoms with van der Waals surface area (Å²) in [6.45, 7) is 9.06. The molecule has 1 aliphatic rings. The maximum atomic E-state index is 3.49. The zero-order valence-electron chi connectivity index (χ0n) is 11.5. The number of nitrogens with one attached hydrogen (secondary N) is 1. The maximum Gasteiger partial charge on any atom is 0.0417 e. The highest BCUT2D eigenvalue weighted by Crippen LogP contribution is 2.32. The first-order valence-corrected chi connectivity index (χ1v) is 6.54. The van der Waals surface area contributed by atoms with E-state index in [1.165, 1.54) is 29.8 Å². The molecule has 0 bridgehead atoms. The van der Waals surface area contributed by atoms with Crippen LogP contribution < -0.4 is 10.2 Å². The SMILES string of the molecule is CN(CC(C)(C)C)c1cccc2c1CCCN2. The van der Waals surface area contributed by atoms with Gasteiger partial charge in [-0.1, -0.05) is 26.8 Å². The fourth-order valence-electron chi connectivity index (χ4n) is 2.65. The highest BCUT2D eigenvalue weighted by atomic mass is 15.1. The van der Waals surface area contributed by atoms with E-state index in [2.05, 4.69) is 56.2 Å². The highest BCUT2D eigenvalue weighted by molar-refractivity contribution is 5.67. The fourth-order valence-corrected chi connectivity index (χ4v) is 2.65. The van der Waals surface area contributed by atoms with Gasteiger partial charge in [-0.15, -0.1) is 0 Å². The Labute approximate surface area is 105 Å². The molecule has 1 aromatic rings. The largest absolute Gasteiger partial charge is 0.385 e. The van der Waals surface area contributed by atoms with Crippen LogP contribution in [0.4, 0.5) is 11.4 Å². The molecule has 94 valence electrons. The molecule has 0 unspecified atom stereocenters. The average molecular weight is 232 g/mol. The standard InChI is InChI=1S/C15H24N2/c1-15(2,3)11-17(4)14-9-5-8-13-12(14)7-6-10-16-13/h5,8-9,16H,6-7,10-11H2,1-4H3. The Bertz CT molecular complexity index is 390. The fraction of sp³-hybridized carbons (Fsp3) is 0.600. The first-order valence-electron chi connectivity index (χ1n) is 6.54. The van der Waals surface area contributed by atoms with Crippen LogP contribution in [0.2, 0.25) is 0 Å². The summed E-state index contributed by atoms with van der Waals surface area (Å²) in [5.74, 6) is 0. The van der Waals surface area contributed by atoms with Crippen molar-refractivity contribution in [2.45, 2.75) is 33.6 Å². The Morgan fingerprint density at radius 2 is 2.06 bits per heavy atom. The monoisotopic (exact) mass is 232 g/mol. The molecule has 1 heterocycles. The summed E-state index contributed by atoms with van der Waals surface area (Å²) in [5, 5.41) is 3.49. The van der Waals surface area contributed by atoms with Crippen molar-refractivity contribution in [1.82, 2.24) is 0 Å². The number of fused-ring (bicyclic) bond motifs is 1. The van der Waals surface area contributed by atoms with Gasteiger partial charge in [0.05, 0.1) is 0 Å². The molecule has 0 saturated heterocycles. The van der Waals surface area contributed by atoms with Gasteiger partial charge in [-0.05, 0) is 36.0 Å². The van der Waals surface area contributed by atoms with E-state index in [4.69, 9.17) is 0 Å². The minimum Gasteiger partial charge on any atom is -0.385 e. The molecule has 0 aliphatic carbocycles. The first-order chi connectivity index (χ1) is 7.97. The third-order valence-corrected chi connectivity index (χ3v) is 3.19. The van der Waals surface area contributed by atoms with Crippen LogP contribution in [0, 0.1) is 5.41 Å². The summed E-state index contributed by atoms with van der Waals surface area (Å²) < 4.78 is 0. The van der Waals surface area contributed by atoms with Crippen molar-refractivity contribution >= 4 is 11.4 Å². The lowest BCUT2D eigenvalue weighted by atomic mass is 9.94. The quantitative estimate of drug-likeness (QED) is 0.839. The van der Waals surface area contributed by atoms with Crippen molar-refractivity contribution in [2.75, 3.05) is 30.4 Å². The Balaban J connectivity index is 2.26. The lowest BCUT2D eigenvalue weighted by Gasteiger charge is -2.31. The second kappa shape index (κ2) is 4.59. The Morgan fingerprint density at radius 3 is 2.76 bits per heavy atom. The molecular weight excluding hydrogens is 208 g/mol. The van der Waals surface area contributed by atoms with Gasteiger partial charge in [0, 0.05) is 31.5 Å². The van der Waals surface area contributed by atoms with Crippen molar-refractivity contribution < 1.29 is 0 Å². The molecule has 0 spiro atoms. The minimum atomic E-state index is 0.333. The van der Waals surface area contributed by atoms with Gasteiger partial charge >= 0.3 is 0 Å². The van der Waals surface area contributed by atoms with Gasteiger partial charge in [0.25, 0.3) is 0 Å².